The molecule has 0 saturated heterocycles. The Balaban J connectivity index is 2.03. The van der Waals surface area contributed by atoms with Crippen molar-refractivity contribution in [1.82, 2.24) is 9.62 Å². The van der Waals surface area contributed by atoms with Crippen molar-refractivity contribution in [3.63, 3.8) is 0 Å². The average Bonchev–Trinajstić information content (AvgIpc) is 2.66. The van der Waals surface area contributed by atoms with E-state index in [-0.39, 0.29) is 23.9 Å². The van der Waals surface area contributed by atoms with E-state index in [9.17, 15) is 13.2 Å². The van der Waals surface area contributed by atoms with Crippen LogP contribution < -0.4 is 10.1 Å². The number of carbonyl (C=O) groups excluding carboxylic acids is 1. The lowest BCUT2D eigenvalue weighted by molar-refractivity contribution is -0.121. The molecule has 0 aliphatic rings. The maximum absolute atomic E-state index is 12.8. The molecule has 0 fully saturated rings. The highest BCUT2D eigenvalue weighted by atomic mass is 35.5. The van der Waals surface area contributed by atoms with Crippen LogP contribution in [0.15, 0.2) is 53.4 Å². The van der Waals surface area contributed by atoms with Crippen LogP contribution in [0.2, 0.25) is 5.02 Å². The second-order valence-corrected chi connectivity index (χ2v) is 8.29. The first-order chi connectivity index (χ1) is 12.9. The van der Waals surface area contributed by atoms with Crippen LogP contribution in [0.5, 0.6) is 5.75 Å². The predicted octanol–water partition coefficient (Wildman–Crippen LogP) is 3.07. The third kappa shape index (κ3) is 5.95. The molecular weight excluding hydrogens is 388 g/mol. The highest BCUT2D eigenvalue weighted by Crippen LogP contribution is 2.18. The van der Waals surface area contributed by atoms with Crippen LogP contribution in [-0.4, -0.2) is 38.8 Å². The lowest BCUT2D eigenvalue weighted by Gasteiger charge is -2.21. The van der Waals surface area contributed by atoms with Crippen molar-refractivity contribution < 1.29 is 17.9 Å². The summed E-state index contributed by atoms with van der Waals surface area (Å²) in [6.45, 7) is 2.18. The molecule has 146 valence electrons. The number of rotatable bonds is 9. The van der Waals surface area contributed by atoms with Gasteiger partial charge in [0.25, 0.3) is 0 Å². The second-order valence-electron chi connectivity index (χ2n) is 5.92. The summed E-state index contributed by atoms with van der Waals surface area (Å²) >= 11 is 5.82. The molecule has 8 heteroatoms. The van der Waals surface area contributed by atoms with Crippen molar-refractivity contribution in [1.29, 1.82) is 0 Å². The van der Waals surface area contributed by atoms with Crippen LogP contribution in [0.1, 0.15) is 18.9 Å². The highest BCUT2D eigenvalue weighted by Gasteiger charge is 2.25. The van der Waals surface area contributed by atoms with Gasteiger partial charge in [0, 0.05) is 18.1 Å². The topological polar surface area (TPSA) is 75.7 Å². The molecule has 6 nitrogen and oxygen atoms in total. The van der Waals surface area contributed by atoms with Gasteiger partial charge in [0.2, 0.25) is 15.9 Å². The Morgan fingerprint density at radius 1 is 1.11 bits per heavy atom. The largest absolute Gasteiger partial charge is 0.497 e. The fraction of sp³-hybridized carbons (Fsp3) is 0.316. The maximum atomic E-state index is 12.8. The lowest BCUT2D eigenvalue weighted by Crippen LogP contribution is -2.40. The molecule has 27 heavy (non-hydrogen) atoms. The van der Waals surface area contributed by atoms with E-state index in [2.05, 4.69) is 5.32 Å². The minimum atomic E-state index is -3.77. The molecule has 2 aromatic rings. The maximum Gasteiger partial charge on any atom is 0.243 e. The van der Waals surface area contributed by atoms with E-state index < -0.39 is 10.0 Å². The summed E-state index contributed by atoms with van der Waals surface area (Å²) in [7, 11) is -2.19. The van der Waals surface area contributed by atoms with Crippen molar-refractivity contribution in [2.75, 3.05) is 20.2 Å². The number of halogens is 1. The van der Waals surface area contributed by atoms with Crippen LogP contribution in [0.3, 0.4) is 0 Å². The molecule has 0 aliphatic carbocycles. The van der Waals surface area contributed by atoms with Gasteiger partial charge in [-0.2, -0.15) is 4.31 Å². The van der Waals surface area contributed by atoms with Gasteiger partial charge >= 0.3 is 0 Å². The highest BCUT2D eigenvalue weighted by molar-refractivity contribution is 7.89. The fourth-order valence-electron chi connectivity index (χ4n) is 2.45. The molecule has 2 aromatic carbocycles. The molecule has 1 amide bonds. The number of ether oxygens (including phenoxy) is 1. The summed E-state index contributed by atoms with van der Waals surface area (Å²) in [5, 5.41) is 3.20. The summed E-state index contributed by atoms with van der Waals surface area (Å²) in [5.41, 5.74) is 0.895. The summed E-state index contributed by atoms with van der Waals surface area (Å²) in [4.78, 5) is 12.4. The Hall–Kier alpha value is -2.09. The van der Waals surface area contributed by atoms with E-state index in [1.165, 1.54) is 28.6 Å². The first-order valence-electron chi connectivity index (χ1n) is 8.52. The molecule has 0 aromatic heterocycles. The van der Waals surface area contributed by atoms with Gasteiger partial charge in [0.15, 0.2) is 0 Å². The number of nitrogens with one attached hydrogen (secondary N) is 1. The molecular formula is C19H23ClN2O4S. The van der Waals surface area contributed by atoms with Gasteiger partial charge in [-0.15, -0.1) is 0 Å². The first-order valence-corrected chi connectivity index (χ1v) is 10.3. The van der Waals surface area contributed by atoms with Gasteiger partial charge in [-0.05, 0) is 48.4 Å². The number of nitrogens with zero attached hydrogens (tertiary/aromatic N) is 1. The van der Waals surface area contributed by atoms with Crippen molar-refractivity contribution >= 4 is 27.5 Å². The van der Waals surface area contributed by atoms with Gasteiger partial charge in [-0.3, -0.25) is 4.79 Å². The van der Waals surface area contributed by atoms with E-state index in [0.717, 1.165) is 11.3 Å². The third-order valence-corrected chi connectivity index (χ3v) is 6.00. The molecule has 2 rings (SSSR count). The SMILES string of the molecule is CCCN(CC(=O)NCc1ccc(OC)cc1)S(=O)(=O)c1ccc(Cl)cc1. The van der Waals surface area contributed by atoms with E-state index in [1.807, 2.05) is 19.1 Å². The molecule has 0 unspecified atom stereocenters. The van der Waals surface area contributed by atoms with Crippen LogP contribution in [-0.2, 0) is 21.4 Å². The zero-order chi connectivity index (χ0) is 19.9. The molecule has 1 N–H and O–H groups in total. The van der Waals surface area contributed by atoms with E-state index >= 15 is 0 Å². The summed E-state index contributed by atoms with van der Waals surface area (Å²) in [5.74, 6) is 0.366. The number of hydrogen-bond acceptors (Lipinski definition) is 4. The Kier molecular flexibility index (Phi) is 7.65. The molecule has 0 spiro atoms. The average molecular weight is 411 g/mol. The van der Waals surface area contributed by atoms with Gasteiger partial charge < -0.3 is 10.1 Å². The number of hydrogen-bond donors (Lipinski definition) is 1. The zero-order valence-corrected chi connectivity index (χ0v) is 16.9. The van der Waals surface area contributed by atoms with E-state index in [0.29, 0.717) is 18.0 Å². The summed E-state index contributed by atoms with van der Waals surface area (Å²) < 4.78 is 31.9. The molecule has 0 atom stereocenters. The second kappa shape index (κ2) is 9.73. The molecule has 0 radical (unpaired) electrons. The predicted molar refractivity (Wildman–Crippen MR) is 105 cm³/mol. The number of methoxy groups -OCH3 is 1. The van der Waals surface area contributed by atoms with Gasteiger partial charge in [0.05, 0.1) is 18.6 Å². The zero-order valence-electron chi connectivity index (χ0n) is 15.3. The number of sulfonamides is 1. The molecule has 0 aliphatic heterocycles. The van der Waals surface area contributed by atoms with Gasteiger partial charge in [-0.1, -0.05) is 30.7 Å². The van der Waals surface area contributed by atoms with Crippen molar-refractivity contribution in [2.24, 2.45) is 0 Å². The van der Waals surface area contributed by atoms with Crippen LogP contribution in [0.4, 0.5) is 0 Å². The Labute approximate surface area is 165 Å². The van der Waals surface area contributed by atoms with E-state index in [1.54, 1.807) is 19.2 Å². The monoisotopic (exact) mass is 410 g/mol. The van der Waals surface area contributed by atoms with Gasteiger partial charge in [0.1, 0.15) is 5.75 Å². The number of carbonyl (C=O) groups is 1. The normalized spacial score (nSPS) is 11.4. The van der Waals surface area contributed by atoms with Gasteiger partial charge in [-0.25, -0.2) is 8.42 Å². The molecule has 0 bridgehead atoms. The number of benzene rings is 2. The van der Waals surface area contributed by atoms with Crippen molar-refractivity contribution in [3.05, 3.63) is 59.1 Å². The summed E-state index contributed by atoms with van der Waals surface area (Å²) in [6.07, 6.45) is 0.596. The lowest BCUT2D eigenvalue weighted by atomic mass is 10.2. The van der Waals surface area contributed by atoms with Crippen LogP contribution in [0.25, 0.3) is 0 Å². The van der Waals surface area contributed by atoms with E-state index in [4.69, 9.17) is 16.3 Å². The first kappa shape index (κ1) is 21.2. The Bertz CT molecular complexity index is 852. The molecule has 0 heterocycles. The van der Waals surface area contributed by atoms with Crippen LogP contribution >= 0.6 is 11.6 Å². The summed E-state index contributed by atoms with van der Waals surface area (Å²) in [6, 6.07) is 13.2. The minimum Gasteiger partial charge on any atom is -0.497 e. The van der Waals surface area contributed by atoms with Crippen molar-refractivity contribution in [3.8, 4) is 5.75 Å². The Morgan fingerprint density at radius 2 is 1.74 bits per heavy atom. The smallest absolute Gasteiger partial charge is 0.243 e. The third-order valence-electron chi connectivity index (χ3n) is 3.89. The number of amides is 1. The minimum absolute atomic E-state index is 0.114. The Morgan fingerprint density at radius 3 is 2.30 bits per heavy atom. The standard InChI is InChI=1S/C19H23ClN2O4S/c1-3-12-22(27(24,25)18-10-6-16(20)7-11-18)14-19(23)21-13-15-4-8-17(26-2)9-5-15/h4-11H,3,12-14H2,1-2H3,(H,21,23). The van der Waals surface area contributed by atoms with Crippen LogP contribution in [0, 0.1) is 0 Å². The van der Waals surface area contributed by atoms with Crippen molar-refractivity contribution in [2.45, 2.75) is 24.8 Å². The fourth-order valence-corrected chi connectivity index (χ4v) is 4.06. The molecule has 0 saturated carbocycles. The quantitative estimate of drug-likeness (QED) is 0.689.